The van der Waals surface area contributed by atoms with Crippen molar-refractivity contribution in [2.24, 2.45) is 0 Å². The van der Waals surface area contributed by atoms with Crippen LogP contribution in [0.2, 0.25) is 0 Å². The van der Waals surface area contributed by atoms with Crippen LogP contribution in [0.25, 0.3) is 5.57 Å². The lowest BCUT2D eigenvalue weighted by Gasteiger charge is -2.36. The highest BCUT2D eigenvalue weighted by Gasteiger charge is 2.37. The second-order valence-electron chi connectivity index (χ2n) is 5.71. The van der Waals surface area contributed by atoms with E-state index in [1.165, 1.54) is 0 Å². The predicted octanol–water partition coefficient (Wildman–Crippen LogP) is 2.11. The summed E-state index contributed by atoms with van der Waals surface area (Å²) >= 11 is 0. The molecule has 0 bridgehead atoms. The van der Waals surface area contributed by atoms with Crippen LogP contribution in [0, 0.1) is 0 Å². The molecule has 1 aliphatic heterocycles. The standard InChI is InChI=1S/C17H18N4O4/c1-4-6-11(5-2)14-7-13(19-24-14)17(23)21-8-12(9-21)16-18-15(10(3)22)20-25-16/h4-7,10,12,22H,1-2,8-9H2,3H3/b11-6+. The van der Waals surface area contributed by atoms with E-state index in [0.29, 0.717) is 30.3 Å². The number of allylic oxidation sites excluding steroid dienone is 4. The summed E-state index contributed by atoms with van der Waals surface area (Å²) in [6.45, 7) is 9.76. The van der Waals surface area contributed by atoms with Gasteiger partial charge in [0.2, 0.25) is 5.89 Å². The van der Waals surface area contributed by atoms with Crippen LogP contribution in [0.4, 0.5) is 0 Å². The number of amides is 1. The molecule has 0 aliphatic carbocycles. The third-order valence-electron chi connectivity index (χ3n) is 3.88. The summed E-state index contributed by atoms with van der Waals surface area (Å²) in [7, 11) is 0. The molecule has 0 aromatic carbocycles. The van der Waals surface area contributed by atoms with Crippen molar-refractivity contribution in [2.45, 2.75) is 18.9 Å². The summed E-state index contributed by atoms with van der Waals surface area (Å²) in [6, 6.07) is 1.57. The quantitative estimate of drug-likeness (QED) is 0.801. The second kappa shape index (κ2) is 6.86. The molecule has 1 fully saturated rings. The van der Waals surface area contributed by atoms with E-state index in [2.05, 4.69) is 28.5 Å². The molecule has 0 radical (unpaired) electrons. The second-order valence-corrected chi connectivity index (χ2v) is 5.71. The van der Waals surface area contributed by atoms with Gasteiger partial charge in [0.25, 0.3) is 5.91 Å². The number of aliphatic hydroxyl groups excluding tert-OH is 1. The molecule has 1 saturated heterocycles. The Morgan fingerprint density at radius 3 is 2.76 bits per heavy atom. The summed E-state index contributed by atoms with van der Waals surface area (Å²) in [5, 5.41) is 16.9. The molecule has 1 N–H and O–H groups in total. The van der Waals surface area contributed by atoms with Gasteiger partial charge in [0.1, 0.15) is 6.10 Å². The molecule has 8 heteroatoms. The molecule has 2 aromatic rings. The number of carbonyl (C=O) groups excluding carboxylic acids is 1. The molecular formula is C17H18N4O4. The van der Waals surface area contributed by atoms with Crippen LogP contribution in [0.5, 0.6) is 0 Å². The highest BCUT2D eigenvalue weighted by molar-refractivity contribution is 5.93. The predicted molar refractivity (Wildman–Crippen MR) is 88.5 cm³/mol. The Morgan fingerprint density at radius 1 is 1.40 bits per heavy atom. The Bertz CT molecular complexity index is 827. The van der Waals surface area contributed by atoms with E-state index >= 15 is 0 Å². The molecule has 1 atom stereocenters. The maximum Gasteiger partial charge on any atom is 0.276 e. The van der Waals surface area contributed by atoms with E-state index in [1.54, 1.807) is 36.1 Å². The van der Waals surface area contributed by atoms with Crippen LogP contribution >= 0.6 is 0 Å². The Balaban J connectivity index is 1.64. The molecule has 0 saturated carbocycles. The normalized spacial score (nSPS) is 16.4. The molecule has 25 heavy (non-hydrogen) atoms. The molecule has 1 unspecified atom stereocenters. The Kier molecular flexibility index (Phi) is 4.62. The first kappa shape index (κ1) is 16.8. The minimum Gasteiger partial charge on any atom is -0.385 e. The molecule has 1 amide bonds. The van der Waals surface area contributed by atoms with Gasteiger partial charge in [0, 0.05) is 24.7 Å². The number of rotatable bonds is 6. The SMILES string of the molecule is C=C/C=C(\C=C)c1cc(C(=O)N2CC(c3nc(C(C)O)no3)C2)no1. The van der Waals surface area contributed by atoms with Gasteiger partial charge >= 0.3 is 0 Å². The zero-order chi connectivity index (χ0) is 18.0. The number of likely N-dealkylation sites (tertiary alicyclic amines) is 1. The van der Waals surface area contributed by atoms with Crippen LogP contribution in [0.3, 0.4) is 0 Å². The highest BCUT2D eigenvalue weighted by Crippen LogP contribution is 2.28. The topological polar surface area (TPSA) is 105 Å². The number of carbonyl (C=O) groups is 1. The Morgan fingerprint density at radius 2 is 2.16 bits per heavy atom. The third-order valence-corrected chi connectivity index (χ3v) is 3.88. The Hall–Kier alpha value is -3.00. The molecular weight excluding hydrogens is 324 g/mol. The van der Waals surface area contributed by atoms with E-state index < -0.39 is 6.10 Å². The van der Waals surface area contributed by atoms with Gasteiger partial charge in [0.05, 0.1) is 5.92 Å². The minimum atomic E-state index is -0.786. The van der Waals surface area contributed by atoms with Crippen molar-refractivity contribution in [1.82, 2.24) is 20.2 Å². The van der Waals surface area contributed by atoms with Gasteiger partial charge in [0.15, 0.2) is 17.3 Å². The number of aliphatic hydroxyl groups is 1. The Labute approximate surface area is 144 Å². The summed E-state index contributed by atoms with van der Waals surface area (Å²) in [6.07, 6.45) is 4.14. The molecule has 2 aromatic heterocycles. The van der Waals surface area contributed by atoms with Crippen molar-refractivity contribution in [3.8, 4) is 0 Å². The fourth-order valence-corrected chi connectivity index (χ4v) is 2.44. The molecule has 3 heterocycles. The monoisotopic (exact) mass is 342 g/mol. The number of hydrogen-bond donors (Lipinski definition) is 1. The zero-order valence-corrected chi connectivity index (χ0v) is 13.8. The molecule has 0 spiro atoms. The van der Waals surface area contributed by atoms with Crippen molar-refractivity contribution < 1.29 is 18.9 Å². The smallest absolute Gasteiger partial charge is 0.276 e. The first-order valence-electron chi connectivity index (χ1n) is 7.76. The average molecular weight is 342 g/mol. The fourth-order valence-electron chi connectivity index (χ4n) is 2.44. The first-order valence-corrected chi connectivity index (χ1v) is 7.76. The average Bonchev–Trinajstić information content (AvgIpc) is 3.20. The third kappa shape index (κ3) is 3.29. The van der Waals surface area contributed by atoms with Crippen LogP contribution < -0.4 is 0 Å². The first-order chi connectivity index (χ1) is 12.0. The lowest BCUT2D eigenvalue weighted by Crippen LogP contribution is -2.48. The van der Waals surface area contributed by atoms with E-state index in [9.17, 15) is 9.90 Å². The lowest BCUT2D eigenvalue weighted by molar-refractivity contribution is 0.0558. The van der Waals surface area contributed by atoms with Crippen LogP contribution in [0.1, 0.15) is 46.9 Å². The van der Waals surface area contributed by atoms with E-state index in [0.717, 1.165) is 0 Å². The molecule has 3 rings (SSSR count). The maximum atomic E-state index is 12.4. The summed E-state index contributed by atoms with van der Waals surface area (Å²) in [4.78, 5) is 18.2. The van der Waals surface area contributed by atoms with Gasteiger partial charge < -0.3 is 19.1 Å². The summed E-state index contributed by atoms with van der Waals surface area (Å²) in [5.74, 6) is 0.840. The molecule has 1 aliphatic rings. The number of aromatic nitrogens is 3. The van der Waals surface area contributed by atoms with Gasteiger partial charge in [-0.2, -0.15) is 4.98 Å². The van der Waals surface area contributed by atoms with Crippen LogP contribution in [0.15, 0.2) is 46.5 Å². The van der Waals surface area contributed by atoms with Crippen molar-refractivity contribution in [3.63, 3.8) is 0 Å². The van der Waals surface area contributed by atoms with Gasteiger partial charge in [-0.3, -0.25) is 4.79 Å². The number of nitrogens with zero attached hydrogens (tertiary/aromatic N) is 4. The van der Waals surface area contributed by atoms with Gasteiger partial charge in [-0.05, 0) is 6.92 Å². The molecule has 130 valence electrons. The van der Waals surface area contributed by atoms with Crippen LogP contribution in [-0.4, -0.2) is 44.3 Å². The van der Waals surface area contributed by atoms with Crippen LogP contribution in [-0.2, 0) is 0 Å². The highest BCUT2D eigenvalue weighted by atomic mass is 16.5. The van der Waals surface area contributed by atoms with E-state index in [4.69, 9.17) is 9.05 Å². The lowest BCUT2D eigenvalue weighted by atomic mass is 9.99. The van der Waals surface area contributed by atoms with Gasteiger partial charge in [-0.25, -0.2) is 0 Å². The fraction of sp³-hybridized carbons (Fsp3) is 0.294. The van der Waals surface area contributed by atoms with Crippen molar-refractivity contribution in [3.05, 3.63) is 60.6 Å². The summed E-state index contributed by atoms with van der Waals surface area (Å²) < 4.78 is 10.3. The van der Waals surface area contributed by atoms with Crippen molar-refractivity contribution in [1.29, 1.82) is 0 Å². The van der Waals surface area contributed by atoms with Gasteiger partial charge in [-0.15, -0.1) is 0 Å². The largest absolute Gasteiger partial charge is 0.385 e. The minimum absolute atomic E-state index is 0.0419. The van der Waals surface area contributed by atoms with Crippen molar-refractivity contribution >= 4 is 11.5 Å². The van der Waals surface area contributed by atoms with Gasteiger partial charge in [-0.1, -0.05) is 41.7 Å². The van der Waals surface area contributed by atoms with E-state index in [-0.39, 0.29) is 23.3 Å². The molecule has 8 nitrogen and oxygen atoms in total. The maximum absolute atomic E-state index is 12.4. The summed E-state index contributed by atoms with van der Waals surface area (Å²) in [5.41, 5.74) is 0.917. The van der Waals surface area contributed by atoms with Crippen molar-refractivity contribution in [2.75, 3.05) is 13.1 Å². The zero-order valence-electron chi connectivity index (χ0n) is 13.8. The van der Waals surface area contributed by atoms with E-state index in [1.807, 2.05) is 0 Å². The number of hydrogen-bond acceptors (Lipinski definition) is 7.